The summed E-state index contributed by atoms with van der Waals surface area (Å²) in [4.78, 5) is 8.16. The summed E-state index contributed by atoms with van der Waals surface area (Å²) in [5.41, 5.74) is -0.371. The molecule has 5 heteroatoms. The SMILES string of the molecule is CCC(C)(CO)Nc1cc(Cl)nc(C)n1. The van der Waals surface area contributed by atoms with Crippen molar-refractivity contribution in [3.05, 3.63) is 17.0 Å². The summed E-state index contributed by atoms with van der Waals surface area (Å²) in [6, 6.07) is 1.65. The van der Waals surface area contributed by atoms with Crippen LogP contribution in [0.5, 0.6) is 0 Å². The Bertz CT molecular complexity index is 319. The van der Waals surface area contributed by atoms with Crippen molar-refractivity contribution in [1.29, 1.82) is 0 Å². The van der Waals surface area contributed by atoms with Crippen LogP contribution in [-0.4, -0.2) is 27.2 Å². The third-order valence-corrected chi connectivity index (χ3v) is 2.56. The van der Waals surface area contributed by atoms with Gasteiger partial charge in [0.15, 0.2) is 0 Å². The van der Waals surface area contributed by atoms with Crippen LogP contribution in [-0.2, 0) is 0 Å². The highest BCUT2D eigenvalue weighted by molar-refractivity contribution is 6.29. The molecule has 0 bridgehead atoms. The van der Waals surface area contributed by atoms with Crippen LogP contribution in [0.15, 0.2) is 6.07 Å². The maximum atomic E-state index is 9.25. The first-order chi connectivity index (χ1) is 6.99. The summed E-state index contributed by atoms with van der Waals surface area (Å²) in [7, 11) is 0. The molecule has 1 unspecified atom stereocenters. The lowest BCUT2D eigenvalue weighted by molar-refractivity contribution is 0.218. The highest BCUT2D eigenvalue weighted by Crippen LogP contribution is 2.18. The Kier molecular flexibility index (Phi) is 3.88. The molecular formula is C10H16ClN3O. The van der Waals surface area contributed by atoms with E-state index < -0.39 is 0 Å². The van der Waals surface area contributed by atoms with Gasteiger partial charge in [0.2, 0.25) is 0 Å². The molecule has 1 heterocycles. The van der Waals surface area contributed by atoms with Crippen LogP contribution < -0.4 is 5.32 Å². The number of hydrogen-bond acceptors (Lipinski definition) is 4. The fourth-order valence-electron chi connectivity index (χ4n) is 1.14. The number of halogens is 1. The summed E-state index contributed by atoms with van der Waals surface area (Å²) < 4.78 is 0. The summed E-state index contributed by atoms with van der Waals surface area (Å²) in [6.45, 7) is 5.75. The van der Waals surface area contributed by atoms with Gasteiger partial charge < -0.3 is 10.4 Å². The van der Waals surface area contributed by atoms with Crippen LogP contribution >= 0.6 is 11.6 Å². The maximum absolute atomic E-state index is 9.25. The molecule has 1 rings (SSSR count). The molecular weight excluding hydrogens is 214 g/mol. The van der Waals surface area contributed by atoms with Gasteiger partial charge in [0.1, 0.15) is 16.8 Å². The van der Waals surface area contributed by atoms with Crippen LogP contribution in [0.25, 0.3) is 0 Å². The number of aromatic nitrogens is 2. The Labute approximate surface area is 94.7 Å². The maximum Gasteiger partial charge on any atom is 0.134 e. The largest absolute Gasteiger partial charge is 0.394 e. The van der Waals surface area contributed by atoms with Crippen molar-refractivity contribution in [2.45, 2.75) is 32.7 Å². The quantitative estimate of drug-likeness (QED) is 0.776. The van der Waals surface area contributed by atoms with Crippen molar-refractivity contribution in [3.63, 3.8) is 0 Å². The van der Waals surface area contributed by atoms with Gasteiger partial charge in [0, 0.05) is 6.07 Å². The van der Waals surface area contributed by atoms with E-state index in [-0.39, 0.29) is 12.1 Å². The molecule has 1 aromatic rings. The van der Waals surface area contributed by atoms with Crippen molar-refractivity contribution in [2.75, 3.05) is 11.9 Å². The van der Waals surface area contributed by atoms with E-state index >= 15 is 0 Å². The van der Waals surface area contributed by atoms with Gasteiger partial charge >= 0.3 is 0 Å². The molecule has 0 aliphatic rings. The summed E-state index contributed by atoms with van der Waals surface area (Å²) >= 11 is 5.81. The fourth-order valence-corrected chi connectivity index (χ4v) is 1.37. The third-order valence-electron chi connectivity index (χ3n) is 2.37. The lowest BCUT2D eigenvalue weighted by Crippen LogP contribution is -2.38. The Morgan fingerprint density at radius 1 is 1.53 bits per heavy atom. The minimum atomic E-state index is -0.371. The molecule has 0 saturated heterocycles. The number of anilines is 1. The molecule has 4 nitrogen and oxygen atoms in total. The average Bonchev–Trinajstić information content (AvgIpc) is 2.16. The first-order valence-electron chi connectivity index (χ1n) is 4.89. The number of aryl methyl sites for hydroxylation is 1. The van der Waals surface area contributed by atoms with Crippen LogP contribution in [0.1, 0.15) is 26.1 Å². The zero-order chi connectivity index (χ0) is 11.5. The zero-order valence-electron chi connectivity index (χ0n) is 9.21. The highest BCUT2D eigenvalue weighted by atomic mass is 35.5. The number of nitrogens with zero attached hydrogens (tertiary/aromatic N) is 2. The van der Waals surface area contributed by atoms with Gasteiger partial charge in [-0.2, -0.15) is 0 Å². The van der Waals surface area contributed by atoms with E-state index in [9.17, 15) is 5.11 Å². The van der Waals surface area contributed by atoms with Gasteiger partial charge in [-0.1, -0.05) is 18.5 Å². The van der Waals surface area contributed by atoms with Crippen LogP contribution in [0.2, 0.25) is 5.15 Å². The molecule has 0 spiro atoms. The van der Waals surface area contributed by atoms with E-state index in [2.05, 4.69) is 15.3 Å². The predicted molar refractivity (Wildman–Crippen MR) is 61.2 cm³/mol. The highest BCUT2D eigenvalue weighted by Gasteiger charge is 2.21. The molecule has 0 fully saturated rings. The Morgan fingerprint density at radius 2 is 2.20 bits per heavy atom. The molecule has 0 aliphatic carbocycles. The van der Waals surface area contributed by atoms with E-state index in [4.69, 9.17) is 11.6 Å². The van der Waals surface area contributed by atoms with Crippen LogP contribution in [0.3, 0.4) is 0 Å². The van der Waals surface area contributed by atoms with Gasteiger partial charge in [-0.3, -0.25) is 0 Å². The monoisotopic (exact) mass is 229 g/mol. The van der Waals surface area contributed by atoms with Gasteiger partial charge in [-0.15, -0.1) is 0 Å². The van der Waals surface area contributed by atoms with Crippen molar-refractivity contribution in [1.82, 2.24) is 9.97 Å². The summed E-state index contributed by atoms with van der Waals surface area (Å²) in [5.74, 6) is 1.26. The summed E-state index contributed by atoms with van der Waals surface area (Å²) in [5, 5.41) is 12.8. The first-order valence-corrected chi connectivity index (χ1v) is 5.27. The molecule has 15 heavy (non-hydrogen) atoms. The molecule has 0 aromatic carbocycles. The lowest BCUT2D eigenvalue weighted by Gasteiger charge is -2.27. The number of hydrogen-bond donors (Lipinski definition) is 2. The Morgan fingerprint density at radius 3 is 2.67 bits per heavy atom. The van der Waals surface area contributed by atoms with Crippen molar-refractivity contribution < 1.29 is 5.11 Å². The molecule has 0 amide bonds. The molecule has 2 N–H and O–H groups in total. The van der Waals surface area contributed by atoms with Crippen molar-refractivity contribution in [3.8, 4) is 0 Å². The standard InChI is InChI=1S/C10H16ClN3O/c1-4-10(3,6-15)14-9-5-8(11)12-7(2)13-9/h5,15H,4,6H2,1-3H3,(H,12,13,14). The van der Waals surface area contributed by atoms with E-state index in [1.54, 1.807) is 13.0 Å². The van der Waals surface area contributed by atoms with Gasteiger partial charge in [0.25, 0.3) is 0 Å². The van der Waals surface area contributed by atoms with Crippen LogP contribution in [0, 0.1) is 6.92 Å². The van der Waals surface area contributed by atoms with E-state index in [1.807, 2.05) is 13.8 Å². The van der Waals surface area contributed by atoms with Gasteiger partial charge in [-0.05, 0) is 20.3 Å². The Hall–Kier alpha value is -0.870. The minimum absolute atomic E-state index is 0.0458. The number of aliphatic hydroxyl groups excluding tert-OH is 1. The number of rotatable bonds is 4. The van der Waals surface area contributed by atoms with E-state index in [0.717, 1.165) is 6.42 Å². The molecule has 1 aromatic heterocycles. The molecule has 84 valence electrons. The van der Waals surface area contributed by atoms with Crippen LogP contribution in [0.4, 0.5) is 5.82 Å². The second kappa shape index (κ2) is 4.77. The second-order valence-electron chi connectivity index (χ2n) is 3.82. The molecule has 0 saturated carbocycles. The molecule has 0 radical (unpaired) electrons. The lowest BCUT2D eigenvalue weighted by atomic mass is 10.0. The smallest absolute Gasteiger partial charge is 0.134 e. The number of nitrogens with one attached hydrogen (secondary N) is 1. The topological polar surface area (TPSA) is 58.0 Å². The van der Waals surface area contributed by atoms with Crippen molar-refractivity contribution >= 4 is 17.4 Å². The van der Waals surface area contributed by atoms with Gasteiger partial charge in [-0.25, -0.2) is 9.97 Å². The third kappa shape index (κ3) is 3.32. The predicted octanol–water partition coefficient (Wildman–Crippen LogP) is 2.01. The zero-order valence-corrected chi connectivity index (χ0v) is 9.97. The first kappa shape index (κ1) is 12.2. The van der Waals surface area contributed by atoms with Gasteiger partial charge in [0.05, 0.1) is 12.1 Å². The summed E-state index contributed by atoms with van der Waals surface area (Å²) in [6.07, 6.45) is 0.796. The van der Waals surface area contributed by atoms with Crippen molar-refractivity contribution in [2.24, 2.45) is 0 Å². The van der Waals surface area contributed by atoms with E-state index in [0.29, 0.717) is 16.8 Å². The normalized spacial score (nSPS) is 14.7. The Balaban J connectivity index is 2.88. The minimum Gasteiger partial charge on any atom is -0.394 e. The van der Waals surface area contributed by atoms with E-state index in [1.165, 1.54) is 0 Å². The number of aliphatic hydroxyl groups is 1. The second-order valence-corrected chi connectivity index (χ2v) is 4.21. The fraction of sp³-hybridized carbons (Fsp3) is 0.600. The molecule has 0 aliphatic heterocycles. The molecule has 1 atom stereocenters. The average molecular weight is 230 g/mol.